The second kappa shape index (κ2) is 5.83. The molecular formula is C26H20ClNO2. The van der Waals surface area contributed by atoms with Gasteiger partial charge in [-0.1, -0.05) is 73.1 Å². The van der Waals surface area contributed by atoms with Gasteiger partial charge in [0.15, 0.2) is 0 Å². The first-order chi connectivity index (χ1) is 14.4. The third kappa shape index (κ3) is 1.96. The van der Waals surface area contributed by atoms with E-state index in [4.69, 9.17) is 11.6 Å². The van der Waals surface area contributed by atoms with E-state index in [1.54, 1.807) is 12.1 Å². The van der Waals surface area contributed by atoms with E-state index < -0.39 is 17.3 Å². The summed E-state index contributed by atoms with van der Waals surface area (Å²) in [6, 6.07) is 22.0. The van der Waals surface area contributed by atoms with Gasteiger partial charge in [0.1, 0.15) is 0 Å². The highest BCUT2D eigenvalue weighted by Gasteiger charge is 2.66. The molecule has 0 aromatic heterocycles. The lowest BCUT2D eigenvalue weighted by atomic mass is 9.48. The Hall–Kier alpha value is -2.91. The van der Waals surface area contributed by atoms with Gasteiger partial charge in [0.2, 0.25) is 11.8 Å². The van der Waals surface area contributed by atoms with Gasteiger partial charge < -0.3 is 0 Å². The number of hydrogen-bond acceptors (Lipinski definition) is 2. The Morgan fingerprint density at radius 1 is 0.867 bits per heavy atom. The average molecular weight is 414 g/mol. The van der Waals surface area contributed by atoms with Crippen LogP contribution in [-0.2, 0) is 15.0 Å². The zero-order chi connectivity index (χ0) is 20.8. The van der Waals surface area contributed by atoms with E-state index in [0.717, 1.165) is 5.56 Å². The van der Waals surface area contributed by atoms with Crippen molar-refractivity contribution < 1.29 is 9.59 Å². The molecule has 3 nitrogen and oxygen atoms in total. The molecular weight excluding hydrogens is 394 g/mol. The molecule has 0 spiro atoms. The Bertz CT molecular complexity index is 1220. The van der Waals surface area contributed by atoms with Gasteiger partial charge in [0.05, 0.1) is 17.5 Å². The SMILES string of the molecule is Cc1ccc(Cl)cc1N1C(=O)[C@@H]2[C@@H](C1=O)C1c3ccccc3C2(C)c2ccccc21. The van der Waals surface area contributed by atoms with Crippen molar-refractivity contribution in [3.05, 3.63) is 99.6 Å². The summed E-state index contributed by atoms with van der Waals surface area (Å²) in [5.41, 5.74) is 5.61. The van der Waals surface area contributed by atoms with Crippen molar-refractivity contribution in [1.29, 1.82) is 0 Å². The van der Waals surface area contributed by atoms with Gasteiger partial charge in [-0.25, -0.2) is 4.90 Å². The van der Waals surface area contributed by atoms with E-state index in [2.05, 4.69) is 31.2 Å². The van der Waals surface area contributed by atoms with Crippen LogP contribution in [0.5, 0.6) is 0 Å². The van der Waals surface area contributed by atoms with Crippen molar-refractivity contribution in [2.75, 3.05) is 4.90 Å². The molecule has 0 saturated carbocycles. The average Bonchev–Trinajstić information content (AvgIpc) is 3.02. The summed E-state index contributed by atoms with van der Waals surface area (Å²) in [6.07, 6.45) is 0. The number of benzene rings is 3. The predicted octanol–water partition coefficient (Wildman–Crippen LogP) is 5.22. The van der Waals surface area contributed by atoms with E-state index in [1.165, 1.54) is 27.2 Å². The number of amides is 2. The molecule has 1 fully saturated rings. The summed E-state index contributed by atoms with van der Waals surface area (Å²) in [7, 11) is 0. The molecule has 0 unspecified atom stereocenters. The molecule has 4 heteroatoms. The number of imide groups is 1. The first kappa shape index (κ1) is 17.9. The molecule has 1 saturated heterocycles. The molecule has 1 aliphatic heterocycles. The molecule has 2 atom stereocenters. The highest BCUT2D eigenvalue weighted by atomic mass is 35.5. The normalized spacial score (nSPS) is 28.4. The minimum Gasteiger partial charge on any atom is -0.274 e. The maximum Gasteiger partial charge on any atom is 0.238 e. The van der Waals surface area contributed by atoms with Gasteiger partial charge in [-0.2, -0.15) is 0 Å². The summed E-state index contributed by atoms with van der Waals surface area (Å²) < 4.78 is 0. The third-order valence-electron chi connectivity index (χ3n) is 7.46. The maximum absolute atomic E-state index is 13.9. The molecule has 148 valence electrons. The van der Waals surface area contributed by atoms with Crippen LogP contribution in [-0.4, -0.2) is 11.8 Å². The molecule has 2 amide bonds. The largest absolute Gasteiger partial charge is 0.274 e. The molecule has 4 aliphatic rings. The van der Waals surface area contributed by atoms with Crippen LogP contribution in [0.25, 0.3) is 0 Å². The summed E-state index contributed by atoms with van der Waals surface area (Å²) in [5, 5.41) is 0.520. The molecule has 2 bridgehead atoms. The Balaban J connectivity index is 1.63. The van der Waals surface area contributed by atoms with Crippen molar-refractivity contribution in [3.63, 3.8) is 0 Å². The minimum absolute atomic E-state index is 0.106. The number of aryl methyl sites for hydroxylation is 1. The van der Waals surface area contributed by atoms with Crippen LogP contribution in [0.4, 0.5) is 5.69 Å². The highest BCUT2D eigenvalue weighted by molar-refractivity contribution is 6.31. The fraction of sp³-hybridized carbons (Fsp3) is 0.231. The lowest BCUT2D eigenvalue weighted by Crippen LogP contribution is -2.51. The van der Waals surface area contributed by atoms with E-state index in [9.17, 15) is 9.59 Å². The molecule has 0 N–H and O–H groups in total. The van der Waals surface area contributed by atoms with E-state index in [0.29, 0.717) is 10.7 Å². The Kier molecular flexibility index (Phi) is 3.48. The van der Waals surface area contributed by atoms with Crippen LogP contribution in [0.1, 0.15) is 40.7 Å². The Labute approximate surface area is 180 Å². The monoisotopic (exact) mass is 413 g/mol. The van der Waals surface area contributed by atoms with Crippen molar-refractivity contribution in [2.45, 2.75) is 25.2 Å². The van der Waals surface area contributed by atoms with Gasteiger partial charge >= 0.3 is 0 Å². The van der Waals surface area contributed by atoms with Crippen molar-refractivity contribution in [3.8, 4) is 0 Å². The molecule has 3 aromatic carbocycles. The summed E-state index contributed by atoms with van der Waals surface area (Å²) in [4.78, 5) is 29.1. The van der Waals surface area contributed by atoms with Crippen molar-refractivity contribution in [2.24, 2.45) is 11.8 Å². The van der Waals surface area contributed by atoms with E-state index in [1.807, 2.05) is 37.3 Å². The smallest absolute Gasteiger partial charge is 0.238 e. The summed E-state index contributed by atoms with van der Waals surface area (Å²) in [6.45, 7) is 4.05. The molecule has 30 heavy (non-hydrogen) atoms. The molecule has 7 rings (SSSR count). The fourth-order valence-electron chi connectivity index (χ4n) is 6.21. The van der Waals surface area contributed by atoms with Crippen LogP contribution in [0.3, 0.4) is 0 Å². The van der Waals surface area contributed by atoms with Crippen LogP contribution >= 0.6 is 11.6 Å². The predicted molar refractivity (Wildman–Crippen MR) is 117 cm³/mol. The van der Waals surface area contributed by atoms with Crippen molar-refractivity contribution in [1.82, 2.24) is 0 Å². The first-order valence-electron chi connectivity index (χ1n) is 10.3. The van der Waals surface area contributed by atoms with Gasteiger partial charge in [-0.3, -0.25) is 9.59 Å². The quantitative estimate of drug-likeness (QED) is 0.513. The van der Waals surface area contributed by atoms with E-state index in [-0.39, 0.29) is 17.7 Å². The van der Waals surface area contributed by atoms with Crippen molar-refractivity contribution >= 4 is 29.1 Å². The molecule has 3 aliphatic carbocycles. The lowest BCUT2D eigenvalue weighted by Gasteiger charge is -2.52. The molecule has 0 radical (unpaired) electrons. The topological polar surface area (TPSA) is 37.4 Å². The number of rotatable bonds is 1. The van der Waals surface area contributed by atoms with Crippen LogP contribution < -0.4 is 4.90 Å². The number of hydrogen-bond donors (Lipinski definition) is 0. The van der Waals surface area contributed by atoms with Crippen LogP contribution in [0.15, 0.2) is 66.7 Å². The zero-order valence-electron chi connectivity index (χ0n) is 16.7. The first-order valence-corrected chi connectivity index (χ1v) is 10.6. The lowest BCUT2D eigenvalue weighted by molar-refractivity contribution is -0.123. The van der Waals surface area contributed by atoms with Gasteiger partial charge in [0, 0.05) is 16.4 Å². The Morgan fingerprint density at radius 3 is 2.10 bits per heavy atom. The number of anilines is 1. The number of carbonyl (C=O) groups excluding carboxylic acids is 2. The summed E-state index contributed by atoms with van der Waals surface area (Å²) in [5.74, 6) is -1.16. The second-order valence-electron chi connectivity index (χ2n) is 8.80. The standard InChI is InChI=1S/C26H20ClNO2/c1-14-11-12-15(27)13-20(14)28-24(29)22-21-16-7-3-5-9-18(16)26(2,23(22)25(28)30)19-10-6-4-8-17(19)21/h3-13,21-23H,1-2H3/t21?,22-,23-,26?/m0/s1. The molecule has 3 aromatic rings. The van der Waals surface area contributed by atoms with Gasteiger partial charge in [-0.05, 0) is 46.9 Å². The Morgan fingerprint density at radius 2 is 1.47 bits per heavy atom. The maximum atomic E-state index is 13.9. The fourth-order valence-corrected chi connectivity index (χ4v) is 6.38. The summed E-state index contributed by atoms with van der Waals surface area (Å²) >= 11 is 6.24. The van der Waals surface area contributed by atoms with Crippen LogP contribution in [0, 0.1) is 18.8 Å². The molecule has 1 heterocycles. The van der Waals surface area contributed by atoms with Gasteiger partial charge in [0.25, 0.3) is 0 Å². The number of carbonyl (C=O) groups is 2. The number of nitrogens with zero attached hydrogens (tertiary/aromatic N) is 1. The van der Waals surface area contributed by atoms with Crippen LogP contribution in [0.2, 0.25) is 5.02 Å². The third-order valence-corrected chi connectivity index (χ3v) is 7.69. The highest BCUT2D eigenvalue weighted by Crippen LogP contribution is 2.64. The number of halogens is 1. The second-order valence-corrected chi connectivity index (χ2v) is 9.24. The minimum atomic E-state index is -0.541. The van der Waals surface area contributed by atoms with Gasteiger partial charge in [-0.15, -0.1) is 0 Å². The zero-order valence-corrected chi connectivity index (χ0v) is 17.5. The van der Waals surface area contributed by atoms with E-state index >= 15 is 0 Å².